The van der Waals surface area contributed by atoms with Gasteiger partial charge in [-0.3, -0.25) is 4.79 Å². The average molecular weight is 276 g/mol. The number of hydrogen-bond acceptors (Lipinski definition) is 4. The first-order valence-corrected chi connectivity index (χ1v) is 7.45. The maximum atomic E-state index is 11.7. The van der Waals surface area contributed by atoms with E-state index in [0.717, 1.165) is 31.7 Å². The van der Waals surface area contributed by atoms with Gasteiger partial charge in [0.2, 0.25) is 5.91 Å². The van der Waals surface area contributed by atoms with Crippen LogP contribution in [-0.2, 0) is 4.79 Å². The van der Waals surface area contributed by atoms with Crippen LogP contribution in [0.4, 0.5) is 11.5 Å². The zero-order valence-corrected chi connectivity index (χ0v) is 12.2. The molecule has 0 aromatic carbocycles. The van der Waals surface area contributed by atoms with Crippen LogP contribution in [0.1, 0.15) is 32.1 Å². The third-order valence-corrected chi connectivity index (χ3v) is 3.57. The van der Waals surface area contributed by atoms with Gasteiger partial charge in [-0.15, -0.1) is 0 Å². The van der Waals surface area contributed by atoms with Gasteiger partial charge in [0.15, 0.2) is 0 Å². The number of rotatable bonds is 6. The van der Waals surface area contributed by atoms with Crippen LogP contribution in [0.2, 0.25) is 0 Å². The number of carbonyl (C=O) groups is 1. The smallest absolute Gasteiger partial charge is 0.225 e. The van der Waals surface area contributed by atoms with Gasteiger partial charge < -0.3 is 15.5 Å². The molecule has 1 saturated heterocycles. The van der Waals surface area contributed by atoms with Crippen molar-refractivity contribution in [2.75, 3.05) is 36.9 Å². The standard InChI is InChI=1S/C15H24N4O/c1-16-9-5-6-15(20)18-14-8-7-13(12-17-14)19-10-3-2-4-11-19/h7-8,12,16H,2-6,9-11H2,1H3,(H,17,18,20). The van der Waals surface area contributed by atoms with Gasteiger partial charge in [0.1, 0.15) is 5.82 Å². The Morgan fingerprint density at radius 3 is 2.75 bits per heavy atom. The van der Waals surface area contributed by atoms with Crippen molar-refractivity contribution in [2.24, 2.45) is 0 Å². The summed E-state index contributed by atoms with van der Waals surface area (Å²) < 4.78 is 0. The fourth-order valence-electron chi connectivity index (χ4n) is 2.43. The molecule has 5 nitrogen and oxygen atoms in total. The minimum Gasteiger partial charge on any atom is -0.370 e. The second kappa shape index (κ2) is 7.85. The topological polar surface area (TPSA) is 57.3 Å². The highest BCUT2D eigenvalue weighted by Gasteiger charge is 2.11. The van der Waals surface area contributed by atoms with Gasteiger partial charge in [0.25, 0.3) is 0 Å². The quantitative estimate of drug-likeness (QED) is 0.780. The lowest BCUT2D eigenvalue weighted by Crippen LogP contribution is -2.29. The SMILES string of the molecule is CNCCCC(=O)Nc1ccc(N2CCCCC2)cn1. The summed E-state index contributed by atoms with van der Waals surface area (Å²) in [5.74, 6) is 0.665. The van der Waals surface area contributed by atoms with Gasteiger partial charge in [0, 0.05) is 19.5 Å². The molecule has 1 amide bonds. The predicted octanol–water partition coefficient (Wildman–Crippen LogP) is 2.01. The number of nitrogens with zero attached hydrogens (tertiary/aromatic N) is 2. The Hall–Kier alpha value is -1.62. The van der Waals surface area contributed by atoms with E-state index in [1.54, 1.807) is 0 Å². The Morgan fingerprint density at radius 2 is 2.10 bits per heavy atom. The van der Waals surface area contributed by atoms with Crippen molar-refractivity contribution in [3.8, 4) is 0 Å². The molecule has 0 bridgehead atoms. The molecule has 5 heteroatoms. The molecule has 1 aliphatic heterocycles. The number of carbonyl (C=O) groups excluding carboxylic acids is 1. The molecule has 1 fully saturated rings. The van der Waals surface area contributed by atoms with E-state index in [-0.39, 0.29) is 5.91 Å². The highest BCUT2D eigenvalue weighted by Crippen LogP contribution is 2.19. The van der Waals surface area contributed by atoms with Crippen molar-refractivity contribution in [3.05, 3.63) is 18.3 Å². The van der Waals surface area contributed by atoms with Crippen molar-refractivity contribution >= 4 is 17.4 Å². The van der Waals surface area contributed by atoms with Crippen molar-refractivity contribution in [1.29, 1.82) is 0 Å². The second-order valence-corrected chi connectivity index (χ2v) is 5.20. The number of nitrogens with one attached hydrogen (secondary N) is 2. The van der Waals surface area contributed by atoms with Crippen LogP contribution in [-0.4, -0.2) is 37.6 Å². The second-order valence-electron chi connectivity index (χ2n) is 5.20. The van der Waals surface area contributed by atoms with Gasteiger partial charge in [-0.2, -0.15) is 0 Å². The molecule has 1 aromatic rings. The lowest BCUT2D eigenvalue weighted by molar-refractivity contribution is -0.116. The highest BCUT2D eigenvalue weighted by atomic mass is 16.1. The maximum Gasteiger partial charge on any atom is 0.225 e. The molecule has 0 radical (unpaired) electrons. The molecule has 2 N–H and O–H groups in total. The number of aromatic nitrogens is 1. The fraction of sp³-hybridized carbons (Fsp3) is 0.600. The van der Waals surface area contributed by atoms with E-state index in [9.17, 15) is 4.79 Å². The first-order valence-electron chi connectivity index (χ1n) is 7.45. The number of anilines is 2. The van der Waals surface area contributed by atoms with E-state index in [2.05, 4.69) is 20.5 Å². The predicted molar refractivity (Wildman–Crippen MR) is 82.1 cm³/mol. The fourth-order valence-corrected chi connectivity index (χ4v) is 2.43. The summed E-state index contributed by atoms with van der Waals surface area (Å²) in [4.78, 5) is 18.4. The minimum atomic E-state index is 0.0264. The zero-order valence-electron chi connectivity index (χ0n) is 12.2. The summed E-state index contributed by atoms with van der Waals surface area (Å²) in [5.41, 5.74) is 1.15. The average Bonchev–Trinajstić information content (AvgIpc) is 2.49. The summed E-state index contributed by atoms with van der Waals surface area (Å²) in [7, 11) is 1.89. The molecule has 1 aliphatic rings. The van der Waals surface area contributed by atoms with Crippen LogP contribution in [0.3, 0.4) is 0 Å². The third-order valence-electron chi connectivity index (χ3n) is 3.57. The minimum absolute atomic E-state index is 0.0264. The Balaban J connectivity index is 1.83. The van der Waals surface area contributed by atoms with Crippen LogP contribution >= 0.6 is 0 Å². The molecule has 0 spiro atoms. The number of piperidine rings is 1. The largest absolute Gasteiger partial charge is 0.370 e. The van der Waals surface area contributed by atoms with E-state index < -0.39 is 0 Å². The monoisotopic (exact) mass is 276 g/mol. The first kappa shape index (κ1) is 14.8. The lowest BCUT2D eigenvalue weighted by atomic mass is 10.1. The van der Waals surface area contributed by atoms with E-state index in [4.69, 9.17) is 0 Å². The molecule has 0 saturated carbocycles. The molecule has 2 rings (SSSR count). The Labute approximate surface area is 120 Å². The van der Waals surface area contributed by atoms with Crippen LogP contribution in [0.5, 0.6) is 0 Å². The Morgan fingerprint density at radius 1 is 1.30 bits per heavy atom. The summed E-state index contributed by atoms with van der Waals surface area (Å²) in [6.07, 6.45) is 7.05. The molecule has 0 aliphatic carbocycles. The van der Waals surface area contributed by atoms with Crippen molar-refractivity contribution in [3.63, 3.8) is 0 Å². The number of hydrogen-bond donors (Lipinski definition) is 2. The van der Waals surface area contributed by atoms with E-state index in [1.807, 2.05) is 25.4 Å². The van der Waals surface area contributed by atoms with Crippen molar-refractivity contribution < 1.29 is 4.79 Å². The van der Waals surface area contributed by atoms with E-state index in [0.29, 0.717) is 12.2 Å². The number of amides is 1. The summed E-state index contributed by atoms with van der Waals surface area (Å²) >= 11 is 0. The van der Waals surface area contributed by atoms with Gasteiger partial charge in [-0.1, -0.05) is 0 Å². The molecular weight excluding hydrogens is 252 g/mol. The molecule has 1 aromatic heterocycles. The molecule has 0 unspecified atom stereocenters. The van der Waals surface area contributed by atoms with E-state index >= 15 is 0 Å². The third kappa shape index (κ3) is 4.49. The van der Waals surface area contributed by atoms with Gasteiger partial charge in [-0.05, 0) is 51.4 Å². The Kier molecular flexibility index (Phi) is 5.80. The van der Waals surface area contributed by atoms with Crippen LogP contribution in [0, 0.1) is 0 Å². The van der Waals surface area contributed by atoms with Crippen molar-refractivity contribution in [2.45, 2.75) is 32.1 Å². The molecule has 0 atom stereocenters. The highest BCUT2D eigenvalue weighted by molar-refractivity contribution is 5.89. The summed E-state index contributed by atoms with van der Waals surface area (Å²) in [5, 5.41) is 5.86. The van der Waals surface area contributed by atoms with Gasteiger partial charge >= 0.3 is 0 Å². The van der Waals surface area contributed by atoms with Crippen molar-refractivity contribution in [1.82, 2.24) is 10.3 Å². The molecular formula is C15H24N4O. The Bertz CT molecular complexity index is 412. The van der Waals surface area contributed by atoms with Gasteiger partial charge in [-0.25, -0.2) is 4.98 Å². The van der Waals surface area contributed by atoms with Crippen LogP contribution < -0.4 is 15.5 Å². The first-order chi connectivity index (χ1) is 9.79. The van der Waals surface area contributed by atoms with Gasteiger partial charge in [0.05, 0.1) is 11.9 Å². The maximum absolute atomic E-state index is 11.7. The van der Waals surface area contributed by atoms with Crippen LogP contribution in [0.25, 0.3) is 0 Å². The summed E-state index contributed by atoms with van der Waals surface area (Å²) in [6, 6.07) is 3.93. The van der Waals surface area contributed by atoms with Crippen LogP contribution in [0.15, 0.2) is 18.3 Å². The lowest BCUT2D eigenvalue weighted by Gasteiger charge is -2.28. The summed E-state index contributed by atoms with van der Waals surface area (Å²) in [6.45, 7) is 3.07. The molecule has 2 heterocycles. The molecule has 110 valence electrons. The normalized spacial score (nSPS) is 15.2. The zero-order chi connectivity index (χ0) is 14.2. The number of pyridine rings is 1. The molecule has 20 heavy (non-hydrogen) atoms. The van der Waals surface area contributed by atoms with E-state index in [1.165, 1.54) is 19.3 Å².